The highest BCUT2D eigenvalue weighted by molar-refractivity contribution is 7.80. The Kier molecular flexibility index (Phi) is 137. The van der Waals surface area contributed by atoms with Crippen LogP contribution in [0.2, 0.25) is 0 Å². The molecule has 4 unspecified atom stereocenters. The Labute approximate surface area is 313 Å². The summed E-state index contributed by atoms with van der Waals surface area (Å²) in [4.78, 5) is 44.0. The first-order chi connectivity index (χ1) is 20.3. The van der Waals surface area contributed by atoms with E-state index in [1.54, 1.807) is 6.92 Å². The lowest BCUT2D eigenvalue weighted by Gasteiger charge is -2.06. The summed E-state index contributed by atoms with van der Waals surface area (Å²) in [5.74, 6) is 0. The molecule has 0 saturated heterocycles. The number of aliphatic hydroxyl groups excluding tert-OH is 2. The van der Waals surface area contributed by atoms with Gasteiger partial charge in [-0.15, -0.1) is 40.5 Å². The number of aliphatic hydroxyl groups is 2. The lowest BCUT2D eigenvalue weighted by atomic mass is 10.3. The maximum absolute atomic E-state index is 9.72. The zero-order valence-corrected chi connectivity index (χ0v) is 26.4. The van der Waals surface area contributed by atoms with E-state index in [-0.39, 0.29) is 81.3 Å². The van der Waals surface area contributed by atoms with Crippen molar-refractivity contribution in [2.45, 2.75) is 83.5 Å². The predicted octanol–water partition coefficient (Wildman–Crippen LogP) is -3.95. The molecule has 0 rings (SSSR count). The molecule has 0 aromatic carbocycles. The fourth-order valence-corrected chi connectivity index (χ4v) is 0.680. The first kappa shape index (κ1) is 104. The molecular formula is C14H54N4O32S4-2. The van der Waals surface area contributed by atoms with Crippen LogP contribution in [0, 0.1) is 40.5 Å². The molecule has 0 heterocycles. The van der Waals surface area contributed by atoms with E-state index >= 15 is 0 Å². The van der Waals surface area contributed by atoms with E-state index in [0.717, 1.165) is 0 Å². The molecule has 0 aromatic heterocycles. The molecule has 36 nitrogen and oxygen atoms in total. The van der Waals surface area contributed by atoms with Gasteiger partial charge in [-0.05, 0) is 26.7 Å². The van der Waals surface area contributed by atoms with Crippen molar-refractivity contribution in [1.29, 1.82) is 0 Å². The van der Waals surface area contributed by atoms with Gasteiger partial charge in [0.15, 0.2) is 0 Å². The second-order valence-corrected chi connectivity index (χ2v) is 8.14. The van der Waals surface area contributed by atoms with Crippen molar-refractivity contribution in [2.24, 2.45) is 0 Å². The number of hydrogen-bond acceptors (Lipinski definition) is 24. The fraction of sp³-hybridized carbons (Fsp3) is 1.00. The second-order valence-electron chi connectivity index (χ2n) is 5.26. The van der Waals surface area contributed by atoms with E-state index < -0.39 is 70.0 Å². The minimum absolute atomic E-state index is 0. The Balaban J connectivity index is -0.0000000221. The van der Waals surface area contributed by atoms with Crippen LogP contribution in [0.25, 0.3) is 0 Å². The molecule has 0 saturated carbocycles. The second kappa shape index (κ2) is 70.9. The van der Waals surface area contributed by atoms with E-state index in [1.165, 1.54) is 6.92 Å². The van der Waals surface area contributed by atoms with Gasteiger partial charge in [-0.3, -0.25) is 18.2 Å². The monoisotopic (exact) mass is 918 g/mol. The quantitative estimate of drug-likeness (QED) is 0.0259. The Bertz CT molecular complexity index is 935. The Morgan fingerprint density at radius 1 is 0.648 bits per heavy atom. The van der Waals surface area contributed by atoms with Gasteiger partial charge in [0.1, 0.15) is 6.10 Å². The van der Waals surface area contributed by atoms with Gasteiger partial charge >= 0.3 is 20.8 Å². The van der Waals surface area contributed by atoms with E-state index in [1.807, 2.05) is 0 Å². The number of rotatable bonds is 10. The molecule has 0 radical (unpaired) electrons. The summed E-state index contributed by atoms with van der Waals surface area (Å²) >= 11 is -5.76. The summed E-state index contributed by atoms with van der Waals surface area (Å²) in [7, 11) is -9.33. The average Bonchev–Trinajstić information content (AvgIpc) is 2.76. The van der Waals surface area contributed by atoms with E-state index in [2.05, 4.69) is 18.3 Å². The summed E-state index contributed by atoms with van der Waals surface area (Å²) in [5.41, 5.74) is 0. The zero-order valence-electron chi connectivity index (χ0n) is 23.1. The molecule has 348 valence electrons. The molecule has 0 aliphatic carbocycles. The van der Waals surface area contributed by atoms with Crippen LogP contribution in [0.5, 0.6) is 0 Å². The fourth-order valence-electron chi connectivity index (χ4n) is 0.680. The van der Waals surface area contributed by atoms with Gasteiger partial charge in [-0.2, -0.15) is 16.8 Å². The largest absolute Gasteiger partial charge is 0.750 e. The molecule has 40 heteroatoms. The standard InChI is InChI=1S/C4H8N2O6.C4H10O2.6CH4.2HNO3.4H2O4S.2H2O/c1-4(12-6(9)10)2-3-11-5(7)8;1-4(6)2-3-5;;;;;;;2*2-1(3)4;2*1-5(2,3)4;2*1-4-5(2)3;;/h4H,2-3H2,1H3;4-6H,2-3H2,1H3;6*1H4;2*(H,2,3,4);2*(H2,1,2,3,4);2*1H,(H,2,3);2*1H2/p-2. The van der Waals surface area contributed by atoms with Crippen molar-refractivity contribution in [3.63, 3.8) is 0 Å². The molecular weight excluding hydrogens is 864 g/mol. The average molecular weight is 919 g/mol. The third-order valence-corrected chi connectivity index (χ3v) is 1.87. The SMILES string of the molecule is C.C.C.C.C.C.CC(CCO[N+](=O)[O-])O[N+](=O)[O-].CC(O)CCO.O=S(=O)(O)O.O=S(=O)(O)O.O=S([O-])O[O-].O=S([O-])O[O-].O=[N+]([O-])O.O=[N+]([O-])O.[OH3+].[OH3+]. The summed E-state index contributed by atoms with van der Waals surface area (Å²) in [6.45, 7) is 2.95. The van der Waals surface area contributed by atoms with Crippen molar-refractivity contribution >= 4 is 43.5 Å². The van der Waals surface area contributed by atoms with Crippen LogP contribution < -0.4 is 10.5 Å². The minimum Gasteiger partial charge on any atom is -0.750 e. The first-order valence-electron chi connectivity index (χ1n) is 9.03. The molecule has 0 aliphatic heterocycles. The van der Waals surface area contributed by atoms with Crippen molar-refractivity contribution in [2.75, 3.05) is 13.2 Å². The molecule has 0 bridgehead atoms. The Morgan fingerprint density at radius 2 is 0.852 bits per heavy atom. The molecule has 14 N–H and O–H groups in total. The van der Waals surface area contributed by atoms with Crippen LogP contribution >= 0.6 is 0 Å². The minimum atomic E-state index is -4.67. The third-order valence-electron chi connectivity index (χ3n) is 1.65. The Hall–Kier alpha value is -3.56. The predicted molar refractivity (Wildman–Crippen MR) is 175 cm³/mol. The summed E-state index contributed by atoms with van der Waals surface area (Å²) in [5, 5.41) is 78.2. The highest BCUT2D eigenvalue weighted by Gasteiger charge is 2.07. The van der Waals surface area contributed by atoms with Crippen LogP contribution in [-0.4, -0.2) is 119 Å². The van der Waals surface area contributed by atoms with Gasteiger partial charge in [0.05, 0.1) is 35.4 Å². The van der Waals surface area contributed by atoms with Gasteiger partial charge in [0.25, 0.3) is 20.3 Å². The molecule has 0 aliphatic rings. The summed E-state index contributed by atoms with van der Waals surface area (Å²) in [6, 6.07) is 0. The first-order valence-corrected chi connectivity index (χ1v) is 13.8. The Morgan fingerprint density at radius 3 is 0.944 bits per heavy atom. The van der Waals surface area contributed by atoms with E-state index in [0.29, 0.717) is 6.42 Å². The van der Waals surface area contributed by atoms with Crippen molar-refractivity contribution in [1.82, 2.24) is 0 Å². The molecule has 0 spiro atoms. The van der Waals surface area contributed by atoms with Gasteiger partial charge in [0.2, 0.25) is 0 Å². The molecule has 0 fully saturated rings. The van der Waals surface area contributed by atoms with Gasteiger partial charge in [0, 0.05) is 6.61 Å². The van der Waals surface area contributed by atoms with Crippen LogP contribution in [-0.2, 0) is 72.8 Å². The van der Waals surface area contributed by atoms with Crippen molar-refractivity contribution in [3.8, 4) is 0 Å². The van der Waals surface area contributed by atoms with Crippen LogP contribution in [0.4, 0.5) is 0 Å². The smallest absolute Gasteiger partial charge is 0.394 e. The van der Waals surface area contributed by atoms with E-state index in [9.17, 15) is 20.2 Å². The highest BCUT2D eigenvalue weighted by atomic mass is 32.3. The van der Waals surface area contributed by atoms with Crippen molar-refractivity contribution < 1.29 is 133 Å². The molecule has 54 heavy (non-hydrogen) atoms. The van der Waals surface area contributed by atoms with Crippen LogP contribution in [0.3, 0.4) is 0 Å². The van der Waals surface area contributed by atoms with Crippen LogP contribution in [0.15, 0.2) is 0 Å². The molecule has 0 amide bonds. The maximum Gasteiger partial charge on any atom is 0.394 e. The van der Waals surface area contributed by atoms with Crippen LogP contribution in [0.1, 0.15) is 71.2 Å². The zero-order chi connectivity index (χ0) is 39.3. The van der Waals surface area contributed by atoms with Gasteiger partial charge in [-0.1, -0.05) is 44.6 Å². The maximum atomic E-state index is 9.72. The van der Waals surface area contributed by atoms with Crippen molar-refractivity contribution in [3.05, 3.63) is 40.5 Å². The lowest BCUT2D eigenvalue weighted by molar-refractivity contribution is -0.773. The summed E-state index contributed by atoms with van der Waals surface area (Å²) in [6.07, 6.45) is -0.461. The number of hydrogen-bond donors (Lipinski definition) is 8. The topological polar surface area (TPSA) is 632 Å². The van der Waals surface area contributed by atoms with E-state index in [4.69, 9.17) is 104 Å². The summed E-state index contributed by atoms with van der Waals surface area (Å²) < 4.78 is 103. The third kappa shape index (κ3) is 604. The van der Waals surface area contributed by atoms with Gasteiger partial charge < -0.3 is 69.5 Å². The molecule has 4 atom stereocenters. The highest BCUT2D eigenvalue weighted by Crippen LogP contribution is 1.97. The lowest BCUT2D eigenvalue weighted by Crippen LogP contribution is -2.16. The normalized spacial score (nSPS) is 10.0. The number of nitrogens with zero attached hydrogens (tertiary/aromatic N) is 4. The molecule has 0 aromatic rings. The van der Waals surface area contributed by atoms with Gasteiger partial charge in [-0.25, -0.2) is 8.42 Å².